The Balaban J connectivity index is 1.78. The summed E-state index contributed by atoms with van der Waals surface area (Å²) in [7, 11) is 1.54. The minimum absolute atomic E-state index is 0.265. The maximum atomic E-state index is 13.2. The Hall–Kier alpha value is -3.09. The molecule has 1 N–H and O–H groups in total. The number of methoxy groups -OCH3 is 1. The molecule has 0 spiro atoms. The van der Waals surface area contributed by atoms with Gasteiger partial charge >= 0.3 is 0 Å². The van der Waals surface area contributed by atoms with Crippen LogP contribution in [0.1, 0.15) is 10.5 Å². The Bertz CT molecular complexity index is 1270. The topological polar surface area (TPSA) is 59.8 Å². The van der Waals surface area contributed by atoms with E-state index in [1.54, 1.807) is 53.1 Å². The summed E-state index contributed by atoms with van der Waals surface area (Å²) in [6.45, 7) is 0. The second kappa shape index (κ2) is 8.34. The number of rotatable bonds is 5. The van der Waals surface area contributed by atoms with Crippen LogP contribution in [-0.4, -0.2) is 23.2 Å². The van der Waals surface area contributed by atoms with Crippen LogP contribution in [0.15, 0.2) is 77.4 Å². The number of ketones is 1. The maximum absolute atomic E-state index is 13.2. The lowest BCUT2D eigenvalue weighted by Crippen LogP contribution is -2.24. The molecule has 5 nitrogen and oxygen atoms in total. The Morgan fingerprint density at radius 3 is 2.50 bits per heavy atom. The van der Waals surface area contributed by atoms with Gasteiger partial charge in [0, 0.05) is 27.4 Å². The van der Waals surface area contributed by atoms with Crippen molar-refractivity contribution in [2.75, 3.05) is 12.4 Å². The van der Waals surface area contributed by atoms with Crippen molar-refractivity contribution in [3.05, 3.63) is 88.1 Å². The summed E-state index contributed by atoms with van der Waals surface area (Å²) < 4.78 is 7.80. The molecule has 2 aromatic heterocycles. The van der Waals surface area contributed by atoms with Crippen LogP contribution >= 0.6 is 27.5 Å². The highest BCUT2D eigenvalue weighted by atomic mass is 79.9. The number of anilines is 1. The minimum Gasteiger partial charge on any atom is -0.495 e. The van der Waals surface area contributed by atoms with Gasteiger partial charge in [0.15, 0.2) is 0 Å². The van der Waals surface area contributed by atoms with Gasteiger partial charge in [-0.2, -0.15) is 0 Å². The lowest BCUT2D eigenvalue weighted by Gasteiger charge is -2.09. The standard InChI is InChI=1S/C23H16BrClN2O3/c1-30-20-10-5-14(12-19(20)25)18-13-17-4-2-3-11-27(17)21(18)22(28)23(29)26-16-8-6-15(24)7-9-16/h2-13H,1H3,(H,26,29). The summed E-state index contributed by atoms with van der Waals surface area (Å²) >= 11 is 9.64. The molecule has 150 valence electrons. The van der Waals surface area contributed by atoms with Crippen LogP contribution in [0.25, 0.3) is 16.6 Å². The number of pyridine rings is 1. The average Bonchev–Trinajstić information content (AvgIpc) is 3.14. The highest BCUT2D eigenvalue weighted by Gasteiger charge is 2.25. The number of carbonyl (C=O) groups is 2. The maximum Gasteiger partial charge on any atom is 0.298 e. The Kier molecular flexibility index (Phi) is 5.61. The molecule has 1 amide bonds. The van der Waals surface area contributed by atoms with E-state index in [0.717, 1.165) is 9.99 Å². The van der Waals surface area contributed by atoms with Crippen LogP contribution in [0.4, 0.5) is 5.69 Å². The van der Waals surface area contributed by atoms with Crippen molar-refractivity contribution in [1.29, 1.82) is 0 Å². The molecule has 30 heavy (non-hydrogen) atoms. The molecule has 0 aliphatic heterocycles. The fourth-order valence-corrected chi connectivity index (χ4v) is 3.76. The second-order valence-corrected chi connectivity index (χ2v) is 7.86. The molecule has 0 radical (unpaired) electrons. The van der Waals surface area contributed by atoms with Gasteiger partial charge in [-0.1, -0.05) is 39.7 Å². The Morgan fingerprint density at radius 2 is 1.80 bits per heavy atom. The van der Waals surface area contributed by atoms with Gasteiger partial charge in [-0.15, -0.1) is 0 Å². The average molecular weight is 484 g/mol. The number of ether oxygens (including phenoxy) is 1. The van der Waals surface area contributed by atoms with Gasteiger partial charge in [-0.05, 0) is 60.2 Å². The first-order valence-corrected chi connectivity index (χ1v) is 10.2. The first-order chi connectivity index (χ1) is 14.5. The van der Waals surface area contributed by atoms with E-state index in [1.807, 2.05) is 24.3 Å². The number of nitrogens with zero attached hydrogens (tertiary/aromatic N) is 1. The normalized spacial score (nSPS) is 10.8. The third kappa shape index (κ3) is 3.84. The van der Waals surface area contributed by atoms with E-state index in [4.69, 9.17) is 16.3 Å². The smallest absolute Gasteiger partial charge is 0.298 e. The number of aromatic nitrogens is 1. The van der Waals surface area contributed by atoms with Crippen molar-refractivity contribution in [2.45, 2.75) is 0 Å². The fourth-order valence-electron chi connectivity index (χ4n) is 3.24. The monoisotopic (exact) mass is 482 g/mol. The minimum atomic E-state index is -0.720. The molecule has 0 aliphatic carbocycles. The molecule has 0 fully saturated rings. The van der Waals surface area contributed by atoms with Crippen molar-refractivity contribution in [3.63, 3.8) is 0 Å². The number of carbonyl (C=O) groups excluding carboxylic acids is 2. The van der Waals surface area contributed by atoms with Crippen LogP contribution in [-0.2, 0) is 4.79 Å². The first kappa shape index (κ1) is 20.2. The van der Waals surface area contributed by atoms with Gasteiger partial charge in [0.2, 0.25) is 0 Å². The summed E-state index contributed by atoms with van der Waals surface area (Å²) in [5.41, 5.74) is 2.91. The van der Waals surface area contributed by atoms with Gasteiger partial charge in [0.05, 0.1) is 12.1 Å². The molecule has 0 aliphatic rings. The van der Waals surface area contributed by atoms with E-state index in [0.29, 0.717) is 27.6 Å². The van der Waals surface area contributed by atoms with E-state index in [9.17, 15) is 9.59 Å². The largest absolute Gasteiger partial charge is 0.495 e. The third-order valence-corrected chi connectivity index (χ3v) is 5.49. The molecule has 0 unspecified atom stereocenters. The molecular formula is C23H16BrClN2O3. The number of amides is 1. The number of Topliss-reactive ketones (excluding diaryl/α,β-unsaturated/α-hetero) is 1. The molecular weight excluding hydrogens is 468 g/mol. The number of benzene rings is 2. The SMILES string of the molecule is COc1ccc(-c2cc3ccccn3c2C(=O)C(=O)Nc2ccc(Br)cc2)cc1Cl. The molecule has 0 bridgehead atoms. The van der Waals surface area contributed by atoms with Gasteiger partial charge < -0.3 is 14.5 Å². The molecule has 0 saturated carbocycles. The molecule has 7 heteroatoms. The van der Waals surface area contributed by atoms with Gasteiger partial charge in [0.1, 0.15) is 11.4 Å². The second-order valence-electron chi connectivity index (χ2n) is 6.54. The zero-order valence-electron chi connectivity index (χ0n) is 15.9. The van der Waals surface area contributed by atoms with Crippen molar-refractivity contribution in [1.82, 2.24) is 4.40 Å². The lowest BCUT2D eigenvalue weighted by molar-refractivity contribution is -0.112. The van der Waals surface area contributed by atoms with E-state index < -0.39 is 11.7 Å². The van der Waals surface area contributed by atoms with Crippen molar-refractivity contribution >= 4 is 50.4 Å². The number of fused-ring (bicyclic) bond motifs is 1. The van der Waals surface area contributed by atoms with Crippen molar-refractivity contribution in [2.24, 2.45) is 0 Å². The highest BCUT2D eigenvalue weighted by molar-refractivity contribution is 9.10. The van der Waals surface area contributed by atoms with Crippen LogP contribution < -0.4 is 10.1 Å². The summed E-state index contributed by atoms with van der Waals surface area (Å²) in [5, 5.41) is 3.08. The summed E-state index contributed by atoms with van der Waals surface area (Å²) in [6, 6.07) is 19.7. The summed E-state index contributed by atoms with van der Waals surface area (Å²) in [5.74, 6) is -0.835. The van der Waals surface area contributed by atoms with Gasteiger partial charge in [-0.3, -0.25) is 9.59 Å². The summed E-state index contributed by atoms with van der Waals surface area (Å²) in [6.07, 6.45) is 1.75. The predicted molar refractivity (Wildman–Crippen MR) is 121 cm³/mol. The van der Waals surface area contributed by atoms with E-state index in [1.165, 1.54) is 7.11 Å². The number of hydrogen-bond acceptors (Lipinski definition) is 3. The molecule has 4 rings (SSSR count). The van der Waals surface area contributed by atoms with Crippen LogP contribution in [0.5, 0.6) is 5.75 Å². The van der Waals surface area contributed by atoms with Gasteiger partial charge in [0.25, 0.3) is 11.7 Å². The Labute approximate surface area is 186 Å². The predicted octanol–water partition coefficient (Wildman–Crippen LogP) is 5.85. The number of hydrogen-bond donors (Lipinski definition) is 1. The fraction of sp³-hybridized carbons (Fsp3) is 0.0435. The Morgan fingerprint density at radius 1 is 1.03 bits per heavy atom. The van der Waals surface area contributed by atoms with Crippen LogP contribution in [0.3, 0.4) is 0 Å². The highest BCUT2D eigenvalue weighted by Crippen LogP contribution is 2.34. The number of halogens is 2. The number of nitrogens with one attached hydrogen (secondary N) is 1. The van der Waals surface area contributed by atoms with Gasteiger partial charge in [-0.25, -0.2) is 0 Å². The first-order valence-electron chi connectivity index (χ1n) is 9.03. The van der Waals surface area contributed by atoms with E-state index in [-0.39, 0.29) is 5.69 Å². The molecule has 2 heterocycles. The van der Waals surface area contributed by atoms with Crippen LogP contribution in [0.2, 0.25) is 5.02 Å². The molecule has 0 saturated heterocycles. The molecule has 4 aromatic rings. The zero-order valence-corrected chi connectivity index (χ0v) is 18.2. The zero-order chi connectivity index (χ0) is 21.3. The van der Waals surface area contributed by atoms with E-state index in [2.05, 4.69) is 21.2 Å². The van der Waals surface area contributed by atoms with E-state index >= 15 is 0 Å². The summed E-state index contributed by atoms with van der Waals surface area (Å²) in [4.78, 5) is 26.0. The third-order valence-electron chi connectivity index (χ3n) is 4.67. The molecule has 0 atom stereocenters. The van der Waals surface area contributed by atoms with Crippen molar-refractivity contribution in [3.8, 4) is 16.9 Å². The van der Waals surface area contributed by atoms with Crippen LogP contribution in [0, 0.1) is 0 Å². The van der Waals surface area contributed by atoms with Crippen molar-refractivity contribution < 1.29 is 14.3 Å². The molecule has 2 aromatic carbocycles. The lowest BCUT2D eigenvalue weighted by atomic mass is 10.0. The quantitative estimate of drug-likeness (QED) is 0.286.